The lowest BCUT2D eigenvalue weighted by molar-refractivity contribution is 0.0556. The van der Waals surface area contributed by atoms with Crippen LogP contribution < -0.4 is 4.74 Å². The highest BCUT2D eigenvalue weighted by Crippen LogP contribution is 2.25. The molecule has 0 aliphatic rings. The van der Waals surface area contributed by atoms with Crippen LogP contribution in [-0.4, -0.2) is 45.6 Å². The Labute approximate surface area is 174 Å². The van der Waals surface area contributed by atoms with E-state index in [0.29, 0.717) is 22.2 Å². The highest BCUT2D eigenvalue weighted by molar-refractivity contribution is 9.10. The first kappa shape index (κ1) is 19.9. The Morgan fingerprint density at radius 3 is 2.75 bits per heavy atom. The standard InChI is InChI=1S/C19H15BrN4O3S/c1-26-17-7-3-2-6-16(17)24-19(21-22-23-24)28-13-5-4-12-27-18(25)14-8-10-15(20)11-9-14/h2-3,6-11H,12-13H2,1H3. The van der Waals surface area contributed by atoms with Crippen molar-refractivity contribution >= 4 is 33.7 Å². The molecule has 2 aromatic carbocycles. The minimum absolute atomic E-state index is 0.0207. The first-order chi connectivity index (χ1) is 13.7. The van der Waals surface area contributed by atoms with Gasteiger partial charge in [-0.1, -0.05) is 51.7 Å². The van der Waals surface area contributed by atoms with Crippen LogP contribution in [-0.2, 0) is 4.74 Å². The molecule has 3 rings (SSSR count). The van der Waals surface area contributed by atoms with Gasteiger partial charge in [-0.3, -0.25) is 0 Å². The maximum Gasteiger partial charge on any atom is 0.339 e. The normalized spacial score (nSPS) is 10.1. The Morgan fingerprint density at radius 1 is 1.18 bits per heavy atom. The summed E-state index contributed by atoms with van der Waals surface area (Å²) < 4.78 is 13.0. The predicted molar refractivity (Wildman–Crippen MR) is 109 cm³/mol. The quantitative estimate of drug-likeness (QED) is 0.318. The minimum atomic E-state index is -0.408. The third-order valence-corrected chi connectivity index (χ3v) is 4.84. The summed E-state index contributed by atoms with van der Waals surface area (Å²) in [6.07, 6.45) is 0. The molecular weight excluding hydrogens is 444 g/mol. The van der Waals surface area contributed by atoms with Gasteiger partial charge in [0.1, 0.15) is 11.4 Å². The van der Waals surface area contributed by atoms with Crippen molar-refractivity contribution in [2.75, 3.05) is 19.5 Å². The monoisotopic (exact) mass is 458 g/mol. The highest BCUT2D eigenvalue weighted by atomic mass is 79.9. The summed E-state index contributed by atoms with van der Waals surface area (Å²) in [5.41, 5.74) is 1.23. The van der Waals surface area contributed by atoms with Gasteiger partial charge in [0, 0.05) is 4.47 Å². The summed E-state index contributed by atoms with van der Waals surface area (Å²) in [7, 11) is 1.59. The third kappa shape index (κ3) is 5.12. The fourth-order valence-electron chi connectivity index (χ4n) is 2.20. The van der Waals surface area contributed by atoms with E-state index < -0.39 is 5.97 Å². The molecule has 0 aliphatic carbocycles. The SMILES string of the molecule is COc1ccccc1-n1nnnc1SCC#CCOC(=O)c1ccc(Br)cc1. The fraction of sp³-hybridized carbons (Fsp3) is 0.158. The molecule has 7 nitrogen and oxygen atoms in total. The largest absolute Gasteiger partial charge is 0.494 e. The van der Waals surface area contributed by atoms with E-state index in [1.165, 1.54) is 11.8 Å². The summed E-state index contributed by atoms with van der Waals surface area (Å²) in [6, 6.07) is 14.4. The Bertz CT molecular complexity index is 1010. The molecule has 9 heteroatoms. The number of hydrogen-bond donors (Lipinski definition) is 0. The molecule has 0 radical (unpaired) electrons. The van der Waals surface area contributed by atoms with Gasteiger partial charge in [-0.25, -0.2) is 4.79 Å². The molecule has 0 spiro atoms. The van der Waals surface area contributed by atoms with Crippen LogP contribution in [0.3, 0.4) is 0 Å². The molecule has 0 N–H and O–H groups in total. The molecule has 1 aromatic heterocycles. The molecule has 0 fully saturated rings. The molecule has 0 amide bonds. The number of thioether (sulfide) groups is 1. The van der Waals surface area contributed by atoms with Crippen LogP contribution in [0.25, 0.3) is 5.69 Å². The molecule has 1 heterocycles. The van der Waals surface area contributed by atoms with Gasteiger partial charge in [0.25, 0.3) is 0 Å². The summed E-state index contributed by atoms with van der Waals surface area (Å²) in [6.45, 7) is 0.0207. The molecule has 3 aromatic rings. The van der Waals surface area contributed by atoms with E-state index in [0.717, 1.165) is 10.2 Å². The van der Waals surface area contributed by atoms with Crippen molar-refractivity contribution in [1.82, 2.24) is 20.2 Å². The van der Waals surface area contributed by atoms with Gasteiger partial charge in [-0.2, -0.15) is 4.68 Å². The Balaban J connectivity index is 1.52. The van der Waals surface area contributed by atoms with Crippen LogP contribution >= 0.6 is 27.7 Å². The summed E-state index contributed by atoms with van der Waals surface area (Å²) in [5.74, 6) is 6.46. The molecule has 0 saturated carbocycles. The van der Waals surface area contributed by atoms with Crippen molar-refractivity contribution in [2.24, 2.45) is 0 Å². The zero-order valence-electron chi connectivity index (χ0n) is 14.8. The number of tetrazole rings is 1. The van der Waals surface area contributed by atoms with Gasteiger partial charge in [0.05, 0.1) is 18.4 Å². The van der Waals surface area contributed by atoms with Crippen LogP contribution in [0.2, 0.25) is 0 Å². The van der Waals surface area contributed by atoms with Crippen LogP contribution in [0.4, 0.5) is 0 Å². The number of esters is 1. The molecule has 0 aliphatic heterocycles. The number of halogens is 1. The van der Waals surface area contributed by atoms with Crippen molar-refractivity contribution < 1.29 is 14.3 Å². The van der Waals surface area contributed by atoms with Gasteiger partial charge in [0.15, 0.2) is 6.61 Å². The number of benzene rings is 2. The van der Waals surface area contributed by atoms with Crippen LogP contribution in [0.1, 0.15) is 10.4 Å². The number of aromatic nitrogens is 4. The molecule has 0 atom stereocenters. The van der Waals surface area contributed by atoms with Crippen LogP contribution in [0.15, 0.2) is 58.2 Å². The van der Waals surface area contributed by atoms with Crippen molar-refractivity contribution in [3.05, 3.63) is 58.6 Å². The predicted octanol–water partition coefficient (Wildman–Crippen LogP) is 3.39. The van der Waals surface area contributed by atoms with E-state index in [1.807, 2.05) is 24.3 Å². The number of rotatable bonds is 6. The number of para-hydroxylation sites is 2. The maximum absolute atomic E-state index is 11.9. The summed E-state index contributed by atoms with van der Waals surface area (Å²) in [4.78, 5) is 11.9. The number of carbonyl (C=O) groups is 1. The lowest BCUT2D eigenvalue weighted by Gasteiger charge is -2.08. The fourth-order valence-corrected chi connectivity index (χ4v) is 3.12. The average Bonchev–Trinajstić information content (AvgIpc) is 3.19. The maximum atomic E-state index is 11.9. The zero-order valence-corrected chi connectivity index (χ0v) is 17.2. The smallest absolute Gasteiger partial charge is 0.339 e. The van der Waals surface area contributed by atoms with E-state index in [-0.39, 0.29) is 6.61 Å². The lowest BCUT2D eigenvalue weighted by Crippen LogP contribution is -2.05. The highest BCUT2D eigenvalue weighted by Gasteiger charge is 2.12. The lowest BCUT2D eigenvalue weighted by atomic mass is 10.2. The zero-order chi connectivity index (χ0) is 19.8. The van der Waals surface area contributed by atoms with Crippen molar-refractivity contribution in [1.29, 1.82) is 0 Å². The van der Waals surface area contributed by atoms with Crippen LogP contribution in [0.5, 0.6) is 5.75 Å². The van der Waals surface area contributed by atoms with Crippen molar-refractivity contribution in [3.8, 4) is 23.3 Å². The second kappa shape index (κ2) is 9.92. The molecule has 0 saturated heterocycles. The topological polar surface area (TPSA) is 79.1 Å². The number of nitrogens with zero attached hydrogens (tertiary/aromatic N) is 4. The number of ether oxygens (including phenoxy) is 2. The van der Waals surface area contributed by atoms with E-state index >= 15 is 0 Å². The molecule has 142 valence electrons. The Morgan fingerprint density at radius 2 is 1.96 bits per heavy atom. The molecule has 28 heavy (non-hydrogen) atoms. The van der Waals surface area contributed by atoms with E-state index in [1.54, 1.807) is 36.1 Å². The molecular formula is C19H15BrN4O3S. The number of methoxy groups -OCH3 is 1. The number of carbonyl (C=O) groups excluding carboxylic acids is 1. The van der Waals surface area contributed by atoms with Crippen molar-refractivity contribution in [3.63, 3.8) is 0 Å². The summed E-state index contributed by atoms with van der Waals surface area (Å²) in [5, 5.41) is 12.3. The van der Waals surface area contributed by atoms with Gasteiger partial charge >= 0.3 is 5.97 Å². The van der Waals surface area contributed by atoms with E-state index in [4.69, 9.17) is 9.47 Å². The second-order valence-corrected chi connectivity index (χ2v) is 7.13. The first-order valence-electron chi connectivity index (χ1n) is 8.12. The van der Waals surface area contributed by atoms with Gasteiger partial charge in [-0.05, 0) is 46.8 Å². The van der Waals surface area contributed by atoms with E-state index in [9.17, 15) is 4.79 Å². The summed E-state index contributed by atoms with van der Waals surface area (Å²) >= 11 is 4.70. The molecule has 0 bridgehead atoms. The average molecular weight is 459 g/mol. The Kier molecular flexibility index (Phi) is 7.06. The van der Waals surface area contributed by atoms with E-state index in [2.05, 4.69) is 43.3 Å². The first-order valence-corrected chi connectivity index (χ1v) is 9.90. The second-order valence-electron chi connectivity index (χ2n) is 5.27. The van der Waals surface area contributed by atoms with Gasteiger partial charge in [-0.15, -0.1) is 5.10 Å². The van der Waals surface area contributed by atoms with Gasteiger partial charge < -0.3 is 9.47 Å². The number of hydrogen-bond acceptors (Lipinski definition) is 7. The molecule has 0 unspecified atom stereocenters. The minimum Gasteiger partial charge on any atom is -0.494 e. The van der Waals surface area contributed by atoms with Crippen molar-refractivity contribution in [2.45, 2.75) is 5.16 Å². The third-order valence-electron chi connectivity index (χ3n) is 3.51. The Hall–Kier alpha value is -2.83. The van der Waals surface area contributed by atoms with Gasteiger partial charge in [0.2, 0.25) is 5.16 Å². The van der Waals surface area contributed by atoms with Crippen LogP contribution in [0, 0.1) is 11.8 Å².